The molecule has 4 rings (SSSR count). The van der Waals surface area contributed by atoms with Crippen LogP contribution < -0.4 is 0 Å². The van der Waals surface area contributed by atoms with Gasteiger partial charge in [-0.15, -0.1) is 0 Å². The van der Waals surface area contributed by atoms with Crippen molar-refractivity contribution < 1.29 is 13.6 Å². The van der Waals surface area contributed by atoms with Gasteiger partial charge in [0.05, 0.1) is 24.7 Å². The first-order valence-corrected chi connectivity index (χ1v) is 7.35. The Morgan fingerprint density at radius 3 is 2.91 bits per heavy atom. The van der Waals surface area contributed by atoms with Crippen molar-refractivity contribution >= 4 is 5.91 Å². The van der Waals surface area contributed by atoms with Crippen LogP contribution >= 0.6 is 0 Å². The molecule has 1 aliphatic heterocycles. The lowest BCUT2D eigenvalue weighted by Gasteiger charge is -2.28. The van der Waals surface area contributed by atoms with Crippen molar-refractivity contribution in [3.63, 3.8) is 0 Å². The molecule has 0 saturated carbocycles. The fourth-order valence-corrected chi connectivity index (χ4v) is 2.87. The summed E-state index contributed by atoms with van der Waals surface area (Å²) < 4.78 is 20.6. The van der Waals surface area contributed by atoms with E-state index in [1.54, 1.807) is 29.3 Å². The molecule has 116 valence electrons. The summed E-state index contributed by atoms with van der Waals surface area (Å²) >= 11 is 0. The van der Waals surface area contributed by atoms with E-state index in [0.29, 0.717) is 25.4 Å². The molecule has 1 aliphatic rings. The first kappa shape index (κ1) is 13.8. The second-order valence-corrected chi connectivity index (χ2v) is 5.43. The number of rotatable bonds is 2. The number of aromatic nitrogens is 2. The molecule has 23 heavy (non-hydrogen) atoms. The summed E-state index contributed by atoms with van der Waals surface area (Å²) in [6.45, 7) is 1.59. The van der Waals surface area contributed by atoms with Gasteiger partial charge in [-0.1, -0.05) is 12.1 Å². The first-order valence-electron chi connectivity index (χ1n) is 7.35. The zero-order chi connectivity index (χ0) is 15.8. The highest BCUT2D eigenvalue weighted by atomic mass is 19.1. The Kier molecular flexibility index (Phi) is 3.22. The Bertz CT molecular complexity index is 855. The number of carbonyl (C=O) groups excluding carboxylic acids is 1. The van der Waals surface area contributed by atoms with E-state index in [0.717, 1.165) is 17.1 Å². The standard InChI is InChI=1S/C17H14FN3O2/c18-13-4-1-3-12(9-13)14-10-19-16-11-20(6-7-21(14)16)17(22)15-5-2-8-23-15/h1-5,8-10H,6-7,11H2. The summed E-state index contributed by atoms with van der Waals surface area (Å²) in [6, 6.07) is 9.79. The van der Waals surface area contributed by atoms with Crippen molar-refractivity contribution in [2.75, 3.05) is 6.54 Å². The predicted molar refractivity (Wildman–Crippen MR) is 81.1 cm³/mol. The Labute approximate surface area is 132 Å². The minimum Gasteiger partial charge on any atom is -0.459 e. The number of hydrogen-bond donors (Lipinski definition) is 0. The highest BCUT2D eigenvalue weighted by Crippen LogP contribution is 2.25. The second-order valence-electron chi connectivity index (χ2n) is 5.43. The van der Waals surface area contributed by atoms with Crippen LogP contribution in [0.15, 0.2) is 53.3 Å². The highest BCUT2D eigenvalue weighted by molar-refractivity contribution is 5.91. The van der Waals surface area contributed by atoms with Gasteiger partial charge in [0, 0.05) is 18.7 Å². The van der Waals surface area contributed by atoms with Gasteiger partial charge >= 0.3 is 0 Å². The Balaban J connectivity index is 1.61. The average Bonchev–Trinajstić information content (AvgIpc) is 3.23. The van der Waals surface area contributed by atoms with Crippen LogP contribution in [-0.4, -0.2) is 26.9 Å². The molecule has 0 radical (unpaired) electrons. The van der Waals surface area contributed by atoms with Gasteiger partial charge in [-0.3, -0.25) is 4.79 Å². The van der Waals surface area contributed by atoms with Crippen LogP contribution in [0.1, 0.15) is 16.4 Å². The van der Waals surface area contributed by atoms with E-state index in [1.807, 2.05) is 10.6 Å². The molecule has 0 aliphatic carbocycles. The molecule has 1 amide bonds. The SMILES string of the molecule is O=C(c1ccco1)N1CCn2c(-c3cccc(F)c3)cnc2C1. The van der Waals surface area contributed by atoms with Gasteiger partial charge in [0.15, 0.2) is 5.76 Å². The predicted octanol–water partition coefficient (Wildman–Crippen LogP) is 2.94. The molecule has 0 N–H and O–H groups in total. The second kappa shape index (κ2) is 5.39. The number of hydrogen-bond acceptors (Lipinski definition) is 3. The largest absolute Gasteiger partial charge is 0.459 e. The van der Waals surface area contributed by atoms with Crippen LogP contribution in [0.5, 0.6) is 0 Å². The maximum absolute atomic E-state index is 13.4. The molecular weight excluding hydrogens is 297 g/mol. The van der Waals surface area contributed by atoms with E-state index >= 15 is 0 Å². The molecular formula is C17H14FN3O2. The van der Waals surface area contributed by atoms with Crippen LogP contribution in [0.4, 0.5) is 4.39 Å². The summed E-state index contributed by atoms with van der Waals surface area (Å²) in [6.07, 6.45) is 3.21. The van der Waals surface area contributed by atoms with Crippen molar-refractivity contribution in [2.24, 2.45) is 0 Å². The van der Waals surface area contributed by atoms with Crippen molar-refractivity contribution in [3.8, 4) is 11.3 Å². The summed E-state index contributed by atoms with van der Waals surface area (Å²) in [5.74, 6) is 0.700. The fourth-order valence-electron chi connectivity index (χ4n) is 2.87. The topological polar surface area (TPSA) is 51.3 Å². The molecule has 0 saturated heterocycles. The van der Waals surface area contributed by atoms with Crippen LogP contribution in [0, 0.1) is 5.82 Å². The zero-order valence-corrected chi connectivity index (χ0v) is 12.3. The van der Waals surface area contributed by atoms with Gasteiger partial charge in [0.2, 0.25) is 0 Å². The quantitative estimate of drug-likeness (QED) is 0.731. The number of amides is 1. The normalized spacial score (nSPS) is 13.9. The lowest BCUT2D eigenvalue weighted by Crippen LogP contribution is -2.38. The molecule has 3 aromatic rings. The molecule has 5 nitrogen and oxygen atoms in total. The van der Waals surface area contributed by atoms with E-state index in [4.69, 9.17) is 4.42 Å². The molecule has 0 fully saturated rings. The number of imidazole rings is 1. The summed E-state index contributed by atoms with van der Waals surface area (Å²) in [5, 5.41) is 0. The Morgan fingerprint density at radius 2 is 2.13 bits per heavy atom. The number of furan rings is 1. The highest BCUT2D eigenvalue weighted by Gasteiger charge is 2.25. The summed E-state index contributed by atoms with van der Waals surface area (Å²) in [7, 11) is 0. The minimum atomic E-state index is -0.275. The number of nitrogens with zero attached hydrogens (tertiary/aromatic N) is 3. The maximum atomic E-state index is 13.4. The van der Waals surface area contributed by atoms with E-state index < -0.39 is 0 Å². The van der Waals surface area contributed by atoms with E-state index in [-0.39, 0.29) is 11.7 Å². The van der Waals surface area contributed by atoms with Gasteiger partial charge in [-0.05, 0) is 24.3 Å². The first-order chi connectivity index (χ1) is 11.2. The van der Waals surface area contributed by atoms with Crippen LogP contribution in [0.3, 0.4) is 0 Å². The third-order valence-corrected chi connectivity index (χ3v) is 4.00. The van der Waals surface area contributed by atoms with Crippen molar-refractivity contribution in [1.82, 2.24) is 14.5 Å². The summed E-state index contributed by atoms with van der Waals surface area (Å²) in [4.78, 5) is 18.4. The van der Waals surface area contributed by atoms with Crippen LogP contribution in [0.25, 0.3) is 11.3 Å². The third kappa shape index (κ3) is 2.42. The number of benzene rings is 1. The van der Waals surface area contributed by atoms with E-state index in [9.17, 15) is 9.18 Å². The smallest absolute Gasteiger partial charge is 0.290 e. The molecule has 0 spiro atoms. The monoisotopic (exact) mass is 311 g/mol. The van der Waals surface area contributed by atoms with Gasteiger partial charge < -0.3 is 13.9 Å². The molecule has 0 bridgehead atoms. The van der Waals surface area contributed by atoms with E-state index in [2.05, 4.69) is 4.98 Å². The van der Waals surface area contributed by atoms with Crippen molar-refractivity contribution in [3.05, 3.63) is 66.3 Å². The maximum Gasteiger partial charge on any atom is 0.290 e. The van der Waals surface area contributed by atoms with Crippen LogP contribution in [-0.2, 0) is 13.1 Å². The van der Waals surface area contributed by atoms with Crippen LogP contribution in [0.2, 0.25) is 0 Å². The number of fused-ring (bicyclic) bond motifs is 1. The zero-order valence-electron chi connectivity index (χ0n) is 12.3. The minimum absolute atomic E-state index is 0.142. The fraction of sp³-hybridized carbons (Fsp3) is 0.176. The van der Waals surface area contributed by atoms with Gasteiger partial charge in [0.1, 0.15) is 11.6 Å². The molecule has 3 heterocycles. The average molecular weight is 311 g/mol. The van der Waals surface area contributed by atoms with Crippen molar-refractivity contribution in [1.29, 1.82) is 0 Å². The number of halogens is 1. The number of carbonyl (C=O) groups is 1. The van der Waals surface area contributed by atoms with E-state index in [1.165, 1.54) is 18.4 Å². The van der Waals surface area contributed by atoms with Gasteiger partial charge in [-0.25, -0.2) is 9.37 Å². The Hall–Kier alpha value is -2.89. The summed E-state index contributed by atoms with van der Waals surface area (Å²) in [5.41, 5.74) is 1.65. The molecule has 1 aromatic carbocycles. The van der Waals surface area contributed by atoms with Crippen molar-refractivity contribution in [2.45, 2.75) is 13.1 Å². The Morgan fingerprint density at radius 1 is 1.22 bits per heavy atom. The van der Waals surface area contributed by atoms with Gasteiger partial charge in [-0.2, -0.15) is 0 Å². The molecule has 0 unspecified atom stereocenters. The van der Waals surface area contributed by atoms with Gasteiger partial charge in [0.25, 0.3) is 5.91 Å². The molecule has 2 aromatic heterocycles. The molecule has 0 atom stereocenters. The lowest BCUT2D eigenvalue weighted by atomic mass is 10.1. The third-order valence-electron chi connectivity index (χ3n) is 4.00. The lowest BCUT2D eigenvalue weighted by molar-refractivity contribution is 0.0675. The molecule has 6 heteroatoms.